The second kappa shape index (κ2) is 7.29. The molecule has 1 fully saturated rings. The Hall–Kier alpha value is -1.35. The number of carbonyl (C=O) groups excluding carboxylic acids is 1. The van der Waals surface area contributed by atoms with Crippen molar-refractivity contribution in [3.63, 3.8) is 0 Å². The fourth-order valence-electron chi connectivity index (χ4n) is 2.37. The number of nitrogens with zero attached hydrogens (tertiary/aromatic N) is 1. The maximum absolute atomic E-state index is 10.9. The van der Waals surface area contributed by atoms with Gasteiger partial charge in [-0.3, -0.25) is 4.90 Å². The molecule has 0 atom stereocenters. The van der Waals surface area contributed by atoms with Gasteiger partial charge in [-0.05, 0) is 57.0 Å². The minimum Gasteiger partial charge on any atom is -0.492 e. The molecule has 0 N–H and O–H groups in total. The fraction of sp³-hybridized carbons (Fsp3) is 0.562. The molecule has 1 aromatic carbocycles. The summed E-state index contributed by atoms with van der Waals surface area (Å²) in [5, 5.41) is 0. The van der Waals surface area contributed by atoms with Crippen molar-refractivity contribution in [3.8, 4) is 5.75 Å². The highest BCUT2D eigenvalue weighted by atomic mass is 16.5. The lowest BCUT2D eigenvalue weighted by molar-refractivity contribution is -0.116. The summed E-state index contributed by atoms with van der Waals surface area (Å²) < 4.78 is 5.74. The van der Waals surface area contributed by atoms with E-state index >= 15 is 0 Å². The van der Waals surface area contributed by atoms with Gasteiger partial charge in [0.2, 0.25) is 0 Å². The number of ketones is 1. The maximum atomic E-state index is 10.9. The van der Waals surface area contributed by atoms with E-state index in [1.54, 1.807) is 6.92 Å². The molecule has 0 amide bonds. The minimum absolute atomic E-state index is 0.242. The smallest absolute Gasteiger partial charge is 0.130 e. The van der Waals surface area contributed by atoms with Crippen LogP contribution in [0.1, 0.15) is 31.7 Å². The van der Waals surface area contributed by atoms with Gasteiger partial charge in [-0.15, -0.1) is 0 Å². The standard InChI is InChI=1S/C16H23NO2/c1-14(18)4-5-15-6-8-16(9-7-15)19-13-12-17-10-2-3-11-17/h6-9H,2-5,10-13H2,1H3. The normalized spacial score (nSPS) is 15.6. The summed E-state index contributed by atoms with van der Waals surface area (Å²) in [6, 6.07) is 8.10. The van der Waals surface area contributed by atoms with Crippen LogP contribution in [0.15, 0.2) is 24.3 Å². The predicted octanol–water partition coefficient (Wildman–Crippen LogP) is 2.68. The first-order valence-electron chi connectivity index (χ1n) is 7.17. The minimum atomic E-state index is 0.242. The molecule has 3 nitrogen and oxygen atoms in total. The highest BCUT2D eigenvalue weighted by molar-refractivity contribution is 5.75. The van der Waals surface area contributed by atoms with Crippen molar-refractivity contribution in [2.45, 2.75) is 32.6 Å². The molecular weight excluding hydrogens is 238 g/mol. The summed E-state index contributed by atoms with van der Waals surface area (Å²) in [7, 11) is 0. The summed E-state index contributed by atoms with van der Waals surface area (Å²) in [6.45, 7) is 5.84. The van der Waals surface area contributed by atoms with Gasteiger partial charge in [-0.1, -0.05) is 12.1 Å². The molecule has 0 spiro atoms. The molecule has 104 valence electrons. The molecule has 0 bridgehead atoms. The first-order chi connectivity index (χ1) is 9.24. The third-order valence-electron chi connectivity index (χ3n) is 3.56. The molecule has 1 aromatic rings. The maximum Gasteiger partial charge on any atom is 0.130 e. The van der Waals surface area contributed by atoms with E-state index in [-0.39, 0.29) is 5.78 Å². The Labute approximate surface area is 115 Å². The summed E-state index contributed by atoms with van der Waals surface area (Å²) in [4.78, 5) is 13.4. The van der Waals surface area contributed by atoms with Crippen LogP contribution in [0.2, 0.25) is 0 Å². The van der Waals surface area contributed by atoms with E-state index in [1.165, 1.54) is 31.5 Å². The number of ether oxygens (including phenoxy) is 1. The second-order valence-corrected chi connectivity index (χ2v) is 5.24. The van der Waals surface area contributed by atoms with Crippen molar-refractivity contribution in [1.82, 2.24) is 4.90 Å². The van der Waals surface area contributed by atoms with Gasteiger partial charge in [0.1, 0.15) is 18.1 Å². The summed E-state index contributed by atoms with van der Waals surface area (Å²) >= 11 is 0. The van der Waals surface area contributed by atoms with Gasteiger partial charge in [0, 0.05) is 13.0 Å². The number of carbonyl (C=O) groups is 1. The lowest BCUT2D eigenvalue weighted by Gasteiger charge is -2.15. The summed E-state index contributed by atoms with van der Waals surface area (Å²) in [6.07, 6.45) is 4.09. The molecule has 0 radical (unpaired) electrons. The molecule has 0 aromatic heterocycles. The monoisotopic (exact) mass is 261 g/mol. The van der Waals surface area contributed by atoms with Gasteiger partial charge in [-0.2, -0.15) is 0 Å². The lowest BCUT2D eigenvalue weighted by atomic mass is 10.1. The third kappa shape index (κ3) is 5.03. The Kier molecular flexibility index (Phi) is 5.40. The van der Waals surface area contributed by atoms with Crippen molar-refractivity contribution in [2.75, 3.05) is 26.2 Å². The van der Waals surface area contributed by atoms with E-state index in [0.717, 1.165) is 25.3 Å². The van der Waals surface area contributed by atoms with E-state index in [9.17, 15) is 4.79 Å². The number of rotatable bonds is 7. The first kappa shape index (κ1) is 14.1. The van der Waals surface area contributed by atoms with Crippen LogP contribution >= 0.6 is 0 Å². The predicted molar refractivity (Wildman–Crippen MR) is 76.6 cm³/mol. The number of Topliss-reactive ketones (excluding diaryl/α,β-unsaturated/α-hetero) is 1. The zero-order valence-electron chi connectivity index (χ0n) is 11.7. The topological polar surface area (TPSA) is 29.5 Å². The SMILES string of the molecule is CC(=O)CCc1ccc(OCCN2CCCC2)cc1. The molecular formula is C16H23NO2. The molecule has 1 aliphatic heterocycles. The quantitative estimate of drug-likeness (QED) is 0.756. The highest BCUT2D eigenvalue weighted by Gasteiger charge is 2.10. The Balaban J connectivity index is 1.70. The number of hydrogen-bond donors (Lipinski definition) is 0. The summed E-state index contributed by atoms with van der Waals surface area (Å²) in [5.41, 5.74) is 1.20. The van der Waals surface area contributed by atoms with Crippen LogP contribution in [0.25, 0.3) is 0 Å². The molecule has 3 heteroatoms. The van der Waals surface area contributed by atoms with Crippen LogP contribution in [0.5, 0.6) is 5.75 Å². The molecule has 0 unspecified atom stereocenters. The van der Waals surface area contributed by atoms with Crippen LogP contribution in [0.3, 0.4) is 0 Å². The van der Waals surface area contributed by atoms with Gasteiger partial charge in [0.15, 0.2) is 0 Å². The van der Waals surface area contributed by atoms with Crippen LogP contribution in [0, 0.1) is 0 Å². The number of hydrogen-bond acceptors (Lipinski definition) is 3. The van der Waals surface area contributed by atoms with Gasteiger partial charge in [0.25, 0.3) is 0 Å². The van der Waals surface area contributed by atoms with Crippen LogP contribution in [-0.4, -0.2) is 36.9 Å². The average molecular weight is 261 g/mol. The molecule has 1 saturated heterocycles. The highest BCUT2D eigenvalue weighted by Crippen LogP contribution is 2.14. The Morgan fingerprint density at radius 2 is 1.89 bits per heavy atom. The number of benzene rings is 1. The van der Waals surface area contributed by atoms with Crippen molar-refractivity contribution in [1.29, 1.82) is 0 Å². The molecule has 0 saturated carbocycles. The van der Waals surface area contributed by atoms with Gasteiger partial charge in [-0.25, -0.2) is 0 Å². The van der Waals surface area contributed by atoms with E-state index in [2.05, 4.69) is 4.90 Å². The molecule has 1 heterocycles. The van der Waals surface area contributed by atoms with Crippen molar-refractivity contribution in [2.24, 2.45) is 0 Å². The van der Waals surface area contributed by atoms with Crippen molar-refractivity contribution < 1.29 is 9.53 Å². The van der Waals surface area contributed by atoms with Crippen LogP contribution in [0.4, 0.5) is 0 Å². The van der Waals surface area contributed by atoms with E-state index in [1.807, 2.05) is 24.3 Å². The van der Waals surface area contributed by atoms with Crippen molar-refractivity contribution >= 4 is 5.78 Å². The number of aryl methyl sites for hydroxylation is 1. The first-order valence-corrected chi connectivity index (χ1v) is 7.17. The van der Waals surface area contributed by atoms with Gasteiger partial charge in [0.05, 0.1) is 0 Å². The largest absolute Gasteiger partial charge is 0.492 e. The van der Waals surface area contributed by atoms with E-state index < -0.39 is 0 Å². The molecule has 19 heavy (non-hydrogen) atoms. The zero-order chi connectivity index (χ0) is 13.5. The Morgan fingerprint density at radius 3 is 2.53 bits per heavy atom. The Morgan fingerprint density at radius 1 is 1.21 bits per heavy atom. The average Bonchev–Trinajstić information content (AvgIpc) is 2.91. The fourth-order valence-corrected chi connectivity index (χ4v) is 2.37. The summed E-state index contributed by atoms with van der Waals surface area (Å²) in [5.74, 6) is 1.16. The second-order valence-electron chi connectivity index (χ2n) is 5.24. The van der Waals surface area contributed by atoms with E-state index in [0.29, 0.717) is 6.42 Å². The van der Waals surface area contributed by atoms with E-state index in [4.69, 9.17) is 4.74 Å². The molecule has 2 rings (SSSR count). The lowest BCUT2D eigenvalue weighted by Crippen LogP contribution is -2.25. The van der Waals surface area contributed by atoms with Crippen LogP contribution < -0.4 is 4.74 Å². The molecule has 0 aliphatic carbocycles. The Bertz CT molecular complexity index is 394. The number of likely N-dealkylation sites (tertiary alicyclic amines) is 1. The third-order valence-corrected chi connectivity index (χ3v) is 3.56. The van der Waals surface area contributed by atoms with Gasteiger partial charge < -0.3 is 9.53 Å². The molecule has 1 aliphatic rings. The van der Waals surface area contributed by atoms with Crippen molar-refractivity contribution in [3.05, 3.63) is 29.8 Å². The van der Waals surface area contributed by atoms with Gasteiger partial charge >= 0.3 is 0 Å². The van der Waals surface area contributed by atoms with Crippen LogP contribution in [-0.2, 0) is 11.2 Å². The zero-order valence-corrected chi connectivity index (χ0v) is 11.7.